The number of thioether (sulfide) groups is 1. The summed E-state index contributed by atoms with van der Waals surface area (Å²) in [6.45, 7) is 38.7. The molecule has 150 heavy (non-hydrogen) atoms. The number of nitrogens with zero attached hydrogens (tertiary/aromatic N) is 5. The quantitative estimate of drug-likeness (QED) is 0.0137. The molecule has 0 fully saturated rings. The van der Waals surface area contributed by atoms with Gasteiger partial charge < -0.3 is 62.0 Å². The first-order chi connectivity index (χ1) is 68.7. The Morgan fingerprint density at radius 1 is 0.460 bits per heavy atom. The molecule has 24 nitrogen and oxygen atoms in total. The minimum Gasteiger partial charge on any atom is -0.870 e. The van der Waals surface area contributed by atoms with Crippen molar-refractivity contribution in [1.29, 1.82) is 0 Å². The van der Waals surface area contributed by atoms with Crippen LogP contribution in [0, 0.1) is 27.9 Å². The third kappa shape index (κ3) is 40.7. The Bertz CT molecular complexity index is 6560. The molecule has 5 aliphatic carbocycles. The van der Waals surface area contributed by atoms with E-state index in [9.17, 15) is 59.9 Å². The van der Waals surface area contributed by atoms with Gasteiger partial charge >= 0.3 is 117 Å². The molecule has 4 N–H and O–H groups in total. The average molecular weight is 2300 g/mol. The molecule has 0 saturated carbocycles. The number of hydrogen-bond donors (Lipinski definition) is 3. The van der Waals surface area contributed by atoms with Crippen molar-refractivity contribution in [3.63, 3.8) is 0 Å². The Morgan fingerprint density at radius 3 is 1.24 bits per heavy atom. The molecule has 3 aromatic heterocycles. The first kappa shape index (κ1) is 130. The molecule has 16 rings (SSSR count). The first-order valence-electron chi connectivity index (χ1n) is 50.5. The number of rotatable bonds is 18. The number of sulfone groups is 1. The summed E-state index contributed by atoms with van der Waals surface area (Å²) in [5, 5.41) is -0.137. The van der Waals surface area contributed by atoms with Gasteiger partial charge in [-0.05, 0) is 465 Å². The van der Waals surface area contributed by atoms with Crippen molar-refractivity contribution in [2.75, 3.05) is 6.54 Å². The van der Waals surface area contributed by atoms with Crippen LogP contribution < -0.4 is 86.7 Å². The maximum absolute atomic E-state index is 14.6. The third-order valence-electron chi connectivity index (χ3n) is 24.6. The summed E-state index contributed by atoms with van der Waals surface area (Å²) in [7, 11) is -3.87. The van der Waals surface area contributed by atoms with Crippen molar-refractivity contribution in [3.05, 3.63) is 229 Å². The molecular weight excluding hydrogens is 2160 g/mol. The maximum atomic E-state index is 14.6. The molecule has 5 atom stereocenters. The van der Waals surface area contributed by atoms with E-state index in [1.165, 1.54) is 169 Å². The number of nitrogens with one attached hydrogen (secondary N) is 1. The van der Waals surface area contributed by atoms with Crippen molar-refractivity contribution in [2.24, 2.45) is 5.73 Å². The number of carbonyl (C=O) groups is 8. The molecule has 11 aromatic rings. The number of thiol groups is 1. The molecule has 0 saturated heterocycles. The van der Waals surface area contributed by atoms with Gasteiger partial charge in [-0.15, -0.1) is 12.6 Å². The second kappa shape index (κ2) is 57.5. The topological polar surface area (TPSA) is 346 Å². The van der Waals surface area contributed by atoms with E-state index in [-0.39, 0.29) is 153 Å². The van der Waals surface area contributed by atoms with Crippen LogP contribution in [0.4, 0.5) is 22.8 Å². The van der Waals surface area contributed by atoms with Crippen molar-refractivity contribution in [1.82, 2.24) is 29.1 Å². The maximum Gasteiger partial charge on any atom is 1.00 e. The zero-order valence-corrected chi connectivity index (χ0v) is 103. The van der Waals surface area contributed by atoms with Crippen molar-refractivity contribution in [2.45, 2.75) is 386 Å². The number of imidazole rings is 3. The summed E-state index contributed by atoms with van der Waals surface area (Å²) >= 11 is 13.5. The molecule has 0 aliphatic heterocycles. The van der Waals surface area contributed by atoms with Gasteiger partial charge in [0, 0.05) is 73.0 Å². The van der Waals surface area contributed by atoms with Crippen molar-refractivity contribution in [3.8, 4) is 0 Å². The predicted molar refractivity (Wildman–Crippen MR) is 589 cm³/mol. The molecule has 0 spiro atoms. The van der Waals surface area contributed by atoms with E-state index in [0.717, 1.165) is 122 Å². The van der Waals surface area contributed by atoms with Gasteiger partial charge in [-0.2, -0.15) is 0 Å². The van der Waals surface area contributed by atoms with E-state index in [1.807, 2.05) is 107 Å². The number of nitrogens with two attached hydrogens (primary N) is 1. The molecule has 0 bridgehead atoms. The SMILES string of the molecule is CC(=O)Sc1ccc2c(c1)CCC[C@H]2CCC(=O)OC(C)(C)C.CC(=O)[S-].CC(C)(C)OC(=O)CC[C@@H]1CCCc2cc(I)ccc21.CC(C)(C)OC(=O)CC[C@@H]1CCCc2cc(S)ccc21.CC(C)(C)OC(=O)CC[C@@H]1CCCc2cc(Sc3cc(F)cc4c3ncn4C(=O)OC(C)(C)C)ccc21.Cc1cc(F)cc2c1ncn2C(=O)OC(C)(C)C.NC[C@@H]1CCCc2cc(S(=O)(=O)c3cc(F)cc4[nH]cnc34)ccc21.[K+].[Na+].[OH-]. The van der Waals surface area contributed by atoms with Crippen LogP contribution in [0.5, 0.6) is 0 Å². The molecule has 3 heterocycles. The summed E-state index contributed by atoms with van der Waals surface area (Å²) in [6, 6.07) is 38.5. The second-order valence-corrected chi connectivity index (χ2v) is 50.6. The summed E-state index contributed by atoms with van der Waals surface area (Å²) in [5.41, 5.74) is 19.2. The minimum absolute atomic E-state index is 0. The van der Waals surface area contributed by atoms with E-state index in [2.05, 4.69) is 122 Å². The van der Waals surface area contributed by atoms with Gasteiger partial charge in [0.2, 0.25) is 9.84 Å². The smallest absolute Gasteiger partial charge is 0.870 e. The fraction of sp³-hybridized carbons (Fsp3) is 0.487. The largest absolute Gasteiger partial charge is 1.00 e. The summed E-state index contributed by atoms with van der Waals surface area (Å²) in [4.78, 5) is 112. The van der Waals surface area contributed by atoms with E-state index in [4.69, 9.17) is 34.2 Å². The Kier molecular flexibility index (Phi) is 49.7. The summed E-state index contributed by atoms with van der Waals surface area (Å²) in [5.74, 6) is 0.119. The number of carbonyl (C=O) groups excluding carboxylic acids is 8. The third-order valence-corrected chi connectivity index (χ3v) is 29.1. The molecular formula is C115H145F3IKN7NaO17S5. The molecule has 0 amide bonds. The summed E-state index contributed by atoms with van der Waals surface area (Å²) < 4.78 is 104. The van der Waals surface area contributed by atoms with Gasteiger partial charge in [0.05, 0.1) is 33.3 Å². The van der Waals surface area contributed by atoms with Gasteiger partial charge in [0.1, 0.15) is 79.6 Å². The Labute approximate surface area is 980 Å². The normalized spacial score (nSPS) is 16.1. The standard InChI is InChI=1S/C29H35FN2O4S.C19H26O3S.C18H18FN3O2S.C17H23IO2.C17H24O2S.C13H15FN2O2.C2H4OS.K.Na.H2O/c1-28(2,3)35-25(33)13-10-18-8-7-9-19-14-21(11-12-22(18)19)37-24-16-20(30)15-23-26(24)31-17-32(23)27(34)36-29(4,5)6;1-13(20)23-16-9-10-17-14(6-5-7-15(17)12-16)8-11-18(21)22-19(2,3)4;19-13-7-16-18(22-10-21-16)17(8-13)25(23,24)14-4-5-15-11(6-14)2-1-3-12(15)9-20;1-17(2,3)20-16(19)10-7-12-5-4-6-13-11-14(18)8-9-15(12)13;1-17(2,3)19-16(18)10-7-12-5-4-6-13-11-14(20)8-9-15(12)13;1-8-5-9(14)6-10-11(8)15-7-16(10)12(17)18-13(2,3)4;1-2(3)4;;;/h11-12,14-18H,7-10,13H2,1-6H3;9-10,12,14H,5-8,11H2,1-4H3;4-8,10,12H,1-3,9,20H2,(H,21,22);8-9,11-12H,4-7,10H2,1-3H3;8-9,11-12,20H,4-7,10H2,1-3H3;5-7H,1-4H3;1H3,(H,3,4);;;1H2/q;;;;;;;2*+1;/p-2/t18-;14-;3*12-;;;;;/m00000...../s1. The fourth-order valence-electron chi connectivity index (χ4n) is 18.8. The van der Waals surface area contributed by atoms with E-state index in [0.29, 0.717) is 93.9 Å². The Hall–Kier alpha value is -7.37. The van der Waals surface area contributed by atoms with Crippen LogP contribution in [0.3, 0.4) is 0 Å². The van der Waals surface area contributed by atoms with Crippen molar-refractivity contribution >= 4 is 161 Å². The van der Waals surface area contributed by atoms with Crippen LogP contribution in [-0.4, -0.2) is 129 Å². The first-order valence-corrected chi connectivity index (χ1v) is 55.5. The number of aromatic nitrogens is 6. The number of H-pyrrole nitrogens is 1. The van der Waals surface area contributed by atoms with Crippen LogP contribution in [0.15, 0.2) is 176 Å². The monoisotopic (exact) mass is 2300 g/mol. The van der Waals surface area contributed by atoms with Gasteiger partial charge in [-0.25, -0.2) is 55.3 Å². The van der Waals surface area contributed by atoms with Crippen molar-refractivity contribution < 1.29 is 175 Å². The molecule has 0 radical (unpaired) electrons. The number of benzene rings is 8. The average Bonchev–Trinajstić information content (AvgIpc) is 1.16. The van der Waals surface area contributed by atoms with Gasteiger partial charge in [-0.1, -0.05) is 53.9 Å². The van der Waals surface area contributed by atoms with E-state index in [1.54, 1.807) is 67.5 Å². The van der Waals surface area contributed by atoms with Crippen LogP contribution in [0.25, 0.3) is 33.1 Å². The van der Waals surface area contributed by atoms with E-state index >= 15 is 0 Å². The van der Waals surface area contributed by atoms with Crippen LogP contribution in [0.2, 0.25) is 0 Å². The number of aryl methyl sites for hydroxylation is 6. The molecule has 802 valence electrons. The number of hydrogen-bond acceptors (Lipinski definition) is 25. The molecule has 0 unspecified atom stereocenters. The zero-order chi connectivity index (χ0) is 108. The number of fused-ring (bicyclic) bond motifs is 8. The predicted octanol–water partition coefficient (Wildman–Crippen LogP) is 22.0. The minimum atomic E-state index is -3.87. The zero-order valence-electron chi connectivity index (χ0n) is 91.1. The number of ether oxygens (including phenoxy) is 6. The Morgan fingerprint density at radius 2 is 0.813 bits per heavy atom. The second-order valence-electron chi connectivity index (χ2n) is 43.9. The number of esters is 4. The Balaban J connectivity index is 0.000000245. The van der Waals surface area contributed by atoms with Crippen LogP contribution >= 0.6 is 58.7 Å². The summed E-state index contributed by atoms with van der Waals surface area (Å²) in [6.07, 6.45) is 24.5. The number of aromatic amines is 1. The van der Waals surface area contributed by atoms with Gasteiger partial charge in [-0.3, -0.25) is 24.0 Å². The molecule has 35 heteroatoms. The number of halogens is 4. The van der Waals surface area contributed by atoms with Gasteiger partial charge in [0.25, 0.3) is 0 Å². The fourth-order valence-corrected chi connectivity index (χ4v) is 22.8. The van der Waals surface area contributed by atoms with Gasteiger partial charge in [0.15, 0.2) is 5.12 Å². The van der Waals surface area contributed by atoms with Crippen LogP contribution in [-0.2, 0) is 112 Å². The van der Waals surface area contributed by atoms with Crippen LogP contribution in [0.1, 0.15) is 345 Å². The van der Waals surface area contributed by atoms with E-state index < -0.39 is 61.9 Å². The molecule has 5 aliphatic rings. The molecule has 8 aromatic carbocycles.